The van der Waals surface area contributed by atoms with Gasteiger partial charge in [-0.05, 0) is 88.8 Å². The third-order valence-corrected chi connectivity index (χ3v) is 19.3. The van der Waals surface area contributed by atoms with Crippen LogP contribution in [0.1, 0.15) is 66.6 Å². The quantitative estimate of drug-likeness (QED) is 0.0362. The fourth-order valence-corrected chi connectivity index (χ4v) is 13.9. The number of benzene rings is 3. The Morgan fingerprint density at radius 1 is 0.466 bits per heavy atom. The second kappa shape index (κ2) is 34.9. The molecular weight excluding hydrogens is 1550 g/mol. The Balaban J connectivity index is 0.000000151. The van der Waals surface area contributed by atoms with Crippen LogP contribution in [-0.4, -0.2) is 224 Å². The molecule has 6 aromatic heterocycles. The van der Waals surface area contributed by atoms with Crippen molar-refractivity contribution in [3.05, 3.63) is 144 Å². The van der Waals surface area contributed by atoms with Crippen molar-refractivity contribution in [2.24, 2.45) is 0 Å². The van der Waals surface area contributed by atoms with E-state index in [0.29, 0.717) is 84.8 Å². The van der Waals surface area contributed by atoms with Gasteiger partial charge in [0, 0.05) is 86.6 Å². The Morgan fingerprint density at radius 2 is 0.853 bits per heavy atom. The summed E-state index contributed by atoms with van der Waals surface area (Å²) in [6.45, 7) is 5.33. The maximum atomic E-state index is 13.6. The molecule has 6 aliphatic heterocycles. The van der Waals surface area contributed by atoms with E-state index in [0.717, 1.165) is 75.3 Å². The molecule has 0 unspecified atom stereocenters. The molecule has 33 nitrogen and oxygen atoms in total. The minimum atomic E-state index is -4.53. The van der Waals surface area contributed by atoms with Gasteiger partial charge in [-0.15, -0.1) is 5.10 Å². The van der Waals surface area contributed by atoms with Gasteiger partial charge in [-0.1, -0.05) is 36.4 Å². The zero-order valence-corrected chi connectivity index (χ0v) is 61.7. The SMILES string of the molecule is Cc1nc(-c2cccc(C(F)(F)F)c2)nc2c1N1CCC[C@@H](C1)N2C(=O)Nc1nccc(OC[C@@H](O)CO)n1.Cc1nc(-c2cccc(C(F)(F)F)c2)nc2c1N1CCC[C@@H](C1)N2C(=O)Nc1nccc(OC[C@H](O)CO)n1.O=C(Nc1cnnc(OC[C@H](O)CO)c1)N1c2nc(-c3cccc(C(F)(F)F)c3)ncc2N2CCC[C@H]1C2. The highest BCUT2D eigenvalue weighted by Crippen LogP contribution is 2.45. The first kappa shape index (κ1) is 81.9. The lowest BCUT2D eigenvalue weighted by molar-refractivity contribution is -0.138. The second-order valence-electron chi connectivity index (χ2n) is 27.5. The first-order valence-corrected chi connectivity index (χ1v) is 36.5. The Labute approximate surface area is 653 Å². The van der Waals surface area contributed by atoms with Crippen LogP contribution in [0.3, 0.4) is 0 Å². The number of carbonyl (C=O) groups excluding carboxylic acids is 3. The van der Waals surface area contributed by atoms with E-state index in [1.807, 2.05) is 0 Å². The fourth-order valence-electron chi connectivity index (χ4n) is 13.9. The molecule has 0 spiro atoms. The van der Waals surface area contributed by atoms with Gasteiger partial charge in [0.25, 0.3) is 0 Å². The van der Waals surface area contributed by atoms with Gasteiger partial charge in [0.15, 0.2) is 34.9 Å². The van der Waals surface area contributed by atoms with Crippen LogP contribution in [0.2, 0.25) is 0 Å². The van der Waals surface area contributed by atoms with Crippen molar-refractivity contribution < 1.29 is 98.7 Å². The Bertz CT molecular complexity index is 4840. The first-order valence-electron chi connectivity index (χ1n) is 36.5. The number of nitrogens with zero attached hydrogens (tertiary/aromatic N) is 18. The number of urea groups is 3. The zero-order valence-electron chi connectivity index (χ0n) is 61.7. The summed E-state index contributed by atoms with van der Waals surface area (Å²) < 4.78 is 136. The molecule has 42 heteroatoms. The lowest BCUT2D eigenvalue weighted by atomic mass is 9.99. The highest BCUT2D eigenvalue weighted by molar-refractivity contribution is 6.06. The molecular formula is C74H76F9N21O12. The largest absolute Gasteiger partial charge is 0.475 e. The number of ether oxygens (including phenoxy) is 3. The molecule has 3 saturated heterocycles. The molecule has 9 N–H and O–H groups in total. The number of piperidine rings is 3. The zero-order chi connectivity index (χ0) is 82.3. The van der Waals surface area contributed by atoms with Crippen LogP contribution in [0.25, 0.3) is 34.2 Å². The summed E-state index contributed by atoms with van der Waals surface area (Å²) in [6.07, 6.45) is -6.64. The molecule has 12 heterocycles. The van der Waals surface area contributed by atoms with Gasteiger partial charge in [-0.3, -0.25) is 25.3 Å². The molecule has 15 rings (SSSR count). The van der Waals surface area contributed by atoms with Gasteiger partial charge < -0.3 is 64.9 Å². The number of aryl methyl sites for hydroxylation is 2. The Kier molecular flexibility index (Phi) is 24.6. The van der Waals surface area contributed by atoms with E-state index < -0.39 is 91.4 Å². The number of halogens is 9. The molecule has 6 bridgehead atoms. The summed E-state index contributed by atoms with van der Waals surface area (Å²) in [5, 5.41) is 70.9. The Morgan fingerprint density at radius 3 is 1.28 bits per heavy atom. The van der Waals surface area contributed by atoms with Crippen LogP contribution in [0.5, 0.6) is 17.6 Å². The lowest BCUT2D eigenvalue weighted by Gasteiger charge is -2.46. The Hall–Kier alpha value is -12.1. The van der Waals surface area contributed by atoms with Crippen molar-refractivity contribution in [3.63, 3.8) is 0 Å². The van der Waals surface area contributed by atoms with Crippen molar-refractivity contribution in [2.75, 3.05) is 124 Å². The van der Waals surface area contributed by atoms with Crippen molar-refractivity contribution >= 4 is 70.2 Å². The summed E-state index contributed by atoms with van der Waals surface area (Å²) in [4.78, 5) is 94.9. The van der Waals surface area contributed by atoms with E-state index in [1.165, 1.54) is 94.1 Å². The van der Waals surface area contributed by atoms with Gasteiger partial charge in [0.2, 0.25) is 29.5 Å². The number of alkyl halides is 9. The van der Waals surface area contributed by atoms with Gasteiger partial charge in [0.1, 0.15) is 49.5 Å². The van der Waals surface area contributed by atoms with Crippen molar-refractivity contribution in [1.82, 2.24) is 60.0 Å². The molecule has 3 aromatic carbocycles. The molecule has 6 atom stereocenters. The average Bonchev–Trinajstić information content (AvgIpc) is 0.763. The van der Waals surface area contributed by atoms with Crippen molar-refractivity contribution in [3.8, 4) is 51.8 Å². The number of aromatic nitrogens is 12. The minimum absolute atomic E-state index is 0.0346. The van der Waals surface area contributed by atoms with Gasteiger partial charge >= 0.3 is 36.6 Å². The summed E-state index contributed by atoms with van der Waals surface area (Å²) in [6, 6.07) is 16.2. The van der Waals surface area contributed by atoms with E-state index in [-0.39, 0.29) is 107 Å². The number of aliphatic hydroxyl groups is 6. The highest BCUT2D eigenvalue weighted by Gasteiger charge is 2.44. The van der Waals surface area contributed by atoms with Crippen LogP contribution in [0.15, 0.2) is 116 Å². The molecule has 6 aliphatic rings. The summed E-state index contributed by atoms with van der Waals surface area (Å²) in [5.74, 6) is 1.19. The van der Waals surface area contributed by atoms with Crippen molar-refractivity contribution in [1.29, 1.82) is 0 Å². The fraction of sp³-hybridized carbons (Fsp3) is 0.392. The summed E-state index contributed by atoms with van der Waals surface area (Å²) in [7, 11) is 0. The number of hydrogen-bond acceptors (Lipinski definition) is 27. The number of carbonyl (C=O) groups is 3. The standard InChI is InChI=1S/2C25H26F3N7O4.C24H24F3N7O4/c2*1-14-20-22(32-21(30-14)15-4-2-5-16(10-15)25(26,27)28)35(17-6-3-9-34(20)11-17)24(38)33-23-29-8-7-19(31-23)39-13-18(37)12-36;25-24(26,27)15-4-1-3-14(7-15)21-28-10-19-22(31-21)34(17-5-2-6-33(19)11-17)23(37)30-16-8-20(32-29-9-16)38-13-18(36)12-35/h2*2,4-5,7-8,10,17-18,36-37H,3,6,9,11-13H2,1H3,(H,29,31,33,38);1,3-4,7-10,17-18,35-36H,2,5-6,11-13H2,(H,30,32,37)/t17-,18+;17-,18-;17-,18+/m000/s1. The molecule has 0 saturated carbocycles. The lowest BCUT2D eigenvalue weighted by Crippen LogP contribution is -2.56. The van der Waals surface area contributed by atoms with Gasteiger partial charge in [0.05, 0.1) is 89.8 Å². The van der Waals surface area contributed by atoms with E-state index in [4.69, 9.17) is 29.5 Å². The number of anilines is 9. The number of nitrogens with one attached hydrogen (secondary N) is 3. The molecule has 0 aliphatic carbocycles. The van der Waals surface area contributed by atoms with E-state index in [1.54, 1.807) is 13.8 Å². The van der Waals surface area contributed by atoms with Crippen LogP contribution in [0.4, 0.5) is 106 Å². The number of rotatable bonds is 18. The van der Waals surface area contributed by atoms with E-state index in [2.05, 4.69) is 90.7 Å². The van der Waals surface area contributed by atoms with E-state index in [9.17, 15) is 69.2 Å². The average molecular weight is 1620 g/mol. The second-order valence-corrected chi connectivity index (χ2v) is 27.5. The molecule has 612 valence electrons. The topological polar surface area (TPSA) is 410 Å². The molecule has 3 fully saturated rings. The normalized spacial score (nSPS) is 17.5. The number of amides is 6. The highest BCUT2D eigenvalue weighted by atomic mass is 19.4. The molecule has 9 aromatic rings. The van der Waals surface area contributed by atoms with E-state index >= 15 is 0 Å². The first-order chi connectivity index (χ1) is 55.5. The number of aliphatic hydroxyl groups excluding tert-OH is 6. The van der Waals surface area contributed by atoms with Crippen molar-refractivity contribution in [2.45, 2.75) is 107 Å². The maximum Gasteiger partial charge on any atom is 0.416 e. The molecule has 6 amide bonds. The molecule has 0 radical (unpaired) electrons. The minimum Gasteiger partial charge on any atom is -0.475 e. The third kappa shape index (κ3) is 19.0. The molecule has 116 heavy (non-hydrogen) atoms. The monoisotopic (exact) mass is 1620 g/mol. The predicted octanol–water partition coefficient (Wildman–Crippen LogP) is 8.73. The third-order valence-electron chi connectivity index (χ3n) is 19.3. The smallest absolute Gasteiger partial charge is 0.416 e. The number of hydrogen-bond donors (Lipinski definition) is 9. The van der Waals surface area contributed by atoms with Crippen LogP contribution in [0, 0.1) is 13.8 Å². The number of fused-ring (bicyclic) bond motifs is 12. The van der Waals surface area contributed by atoms with Crippen LogP contribution >= 0.6 is 0 Å². The summed E-state index contributed by atoms with van der Waals surface area (Å²) >= 11 is 0. The van der Waals surface area contributed by atoms with Gasteiger partial charge in [-0.25, -0.2) is 54.3 Å². The maximum absolute atomic E-state index is 13.6. The van der Waals surface area contributed by atoms with Crippen LogP contribution < -0.4 is 59.6 Å². The van der Waals surface area contributed by atoms with Gasteiger partial charge in [-0.2, -0.15) is 54.6 Å². The van der Waals surface area contributed by atoms with Crippen LogP contribution in [-0.2, 0) is 18.5 Å². The predicted molar refractivity (Wildman–Crippen MR) is 399 cm³/mol. The summed E-state index contributed by atoms with van der Waals surface area (Å²) in [5.41, 5.74) is 1.34.